The lowest BCUT2D eigenvalue weighted by atomic mass is 10.0. The van der Waals surface area contributed by atoms with Gasteiger partial charge in [0.1, 0.15) is 5.82 Å². The summed E-state index contributed by atoms with van der Waals surface area (Å²) in [5, 5.41) is 7.68. The topological polar surface area (TPSA) is 67.2 Å². The Labute approximate surface area is 193 Å². The van der Waals surface area contributed by atoms with E-state index in [4.69, 9.17) is 0 Å². The molecule has 1 aliphatic heterocycles. The summed E-state index contributed by atoms with van der Waals surface area (Å²) in [6.45, 7) is 6.98. The summed E-state index contributed by atoms with van der Waals surface area (Å²) >= 11 is 0. The molecule has 0 spiro atoms. The first kappa shape index (κ1) is 22.7. The number of nitrogens with zero attached hydrogens (tertiary/aromatic N) is 3. The number of aromatic nitrogens is 2. The van der Waals surface area contributed by atoms with Gasteiger partial charge >= 0.3 is 0 Å². The van der Waals surface area contributed by atoms with Crippen molar-refractivity contribution in [3.63, 3.8) is 0 Å². The first-order valence-corrected chi connectivity index (χ1v) is 11.3. The number of aryl methyl sites for hydroxylation is 2. The van der Waals surface area contributed by atoms with Gasteiger partial charge in [0.2, 0.25) is 5.91 Å². The van der Waals surface area contributed by atoms with E-state index in [1.54, 1.807) is 16.8 Å². The van der Waals surface area contributed by atoms with Crippen molar-refractivity contribution in [3.05, 3.63) is 82.4 Å². The van der Waals surface area contributed by atoms with Crippen LogP contribution in [-0.2, 0) is 11.2 Å². The summed E-state index contributed by atoms with van der Waals surface area (Å²) < 4.78 is 15.0. The second-order valence-electron chi connectivity index (χ2n) is 8.66. The fourth-order valence-electron chi connectivity index (χ4n) is 4.39. The van der Waals surface area contributed by atoms with Crippen molar-refractivity contribution in [1.29, 1.82) is 0 Å². The minimum atomic E-state index is -0.297. The number of hydrogen-bond acceptors (Lipinski definition) is 3. The zero-order chi connectivity index (χ0) is 23.5. The molecule has 6 nitrogen and oxygen atoms in total. The van der Waals surface area contributed by atoms with Crippen LogP contribution in [0.3, 0.4) is 0 Å². The van der Waals surface area contributed by atoms with Gasteiger partial charge in [-0.1, -0.05) is 18.2 Å². The molecule has 0 unspecified atom stereocenters. The first-order valence-electron chi connectivity index (χ1n) is 11.3. The largest absolute Gasteiger partial charge is 0.349 e. The molecule has 1 saturated heterocycles. The highest BCUT2D eigenvalue weighted by Crippen LogP contribution is 2.21. The van der Waals surface area contributed by atoms with E-state index in [1.807, 2.05) is 49.9 Å². The third-order valence-electron chi connectivity index (χ3n) is 6.41. The van der Waals surface area contributed by atoms with Crippen LogP contribution in [0.2, 0.25) is 0 Å². The molecule has 0 bridgehead atoms. The van der Waals surface area contributed by atoms with E-state index in [2.05, 4.69) is 10.4 Å². The molecule has 4 rings (SSSR count). The van der Waals surface area contributed by atoms with Gasteiger partial charge in [0.15, 0.2) is 0 Å². The Kier molecular flexibility index (Phi) is 6.58. The highest BCUT2D eigenvalue weighted by Gasteiger charge is 2.26. The van der Waals surface area contributed by atoms with Gasteiger partial charge in [0.25, 0.3) is 5.91 Å². The smallest absolute Gasteiger partial charge is 0.251 e. The van der Waals surface area contributed by atoms with Gasteiger partial charge in [0, 0.05) is 36.0 Å². The molecule has 172 valence electrons. The minimum Gasteiger partial charge on any atom is -0.349 e. The number of piperidine rings is 1. The van der Waals surface area contributed by atoms with Crippen molar-refractivity contribution >= 4 is 11.8 Å². The molecule has 1 aliphatic rings. The molecule has 7 heteroatoms. The van der Waals surface area contributed by atoms with Crippen LogP contribution in [-0.4, -0.2) is 45.6 Å². The molecule has 1 fully saturated rings. The van der Waals surface area contributed by atoms with Crippen molar-refractivity contribution in [3.8, 4) is 5.69 Å². The van der Waals surface area contributed by atoms with Crippen molar-refractivity contribution in [1.82, 2.24) is 20.0 Å². The van der Waals surface area contributed by atoms with Crippen LogP contribution in [0.1, 0.15) is 45.7 Å². The van der Waals surface area contributed by atoms with Gasteiger partial charge in [-0.3, -0.25) is 9.59 Å². The zero-order valence-electron chi connectivity index (χ0n) is 19.3. The van der Waals surface area contributed by atoms with Crippen molar-refractivity contribution < 1.29 is 14.0 Å². The standard InChI is InChI=1S/C26H29FN4O2/c1-17-6-4-5-7-23(17)26(33)28-21-12-14-30(15-13-21)25(32)16-24-18(2)29-31(19(24)3)22-10-8-20(27)9-11-22/h4-11,21H,12-16H2,1-3H3,(H,28,33). The second-order valence-corrected chi connectivity index (χ2v) is 8.66. The Morgan fingerprint density at radius 1 is 1.03 bits per heavy atom. The van der Waals surface area contributed by atoms with Gasteiger partial charge in [-0.25, -0.2) is 9.07 Å². The fourth-order valence-corrected chi connectivity index (χ4v) is 4.39. The van der Waals surface area contributed by atoms with Gasteiger partial charge < -0.3 is 10.2 Å². The number of halogens is 1. The summed E-state index contributed by atoms with van der Waals surface area (Å²) in [6.07, 6.45) is 1.74. The third kappa shape index (κ3) is 4.97. The molecule has 3 aromatic rings. The van der Waals surface area contributed by atoms with E-state index >= 15 is 0 Å². The Bertz CT molecular complexity index is 1160. The normalized spacial score (nSPS) is 14.4. The molecule has 2 aromatic carbocycles. The highest BCUT2D eigenvalue weighted by molar-refractivity contribution is 5.95. The molecule has 0 atom stereocenters. The summed E-state index contributed by atoms with van der Waals surface area (Å²) in [6, 6.07) is 13.8. The highest BCUT2D eigenvalue weighted by atomic mass is 19.1. The quantitative estimate of drug-likeness (QED) is 0.644. The number of likely N-dealkylation sites (tertiary alicyclic amines) is 1. The number of benzene rings is 2. The Morgan fingerprint density at radius 3 is 2.36 bits per heavy atom. The van der Waals surface area contributed by atoms with Gasteiger partial charge in [0.05, 0.1) is 17.8 Å². The Hall–Kier alpha value is -3.48. The summed E-state index contributed by atoms with van der Waals surface area (Å²) in [4.78, 5) is 27.5. The number of carbonyl (C=O) groups excluding carboxylic acids is 2. The molecule has 1 N–H and O–H groups in total. The van der Waals surface area contributed by atoms with Gasteiger partial charge in [-0.15, -0.1) is 0 Å². The summed E-state index contributed by atoms with van der Waals surface area (Å²) in [5.41, 5.74) is 4.99. The average Bonchev–Trinajstić information content (AvgIpc) is 3.08. The third-order valence-corrected chi connectivity index (χ3v) is 6.41. The first-order chi connectivity index (χ1) is 15.8. The van der Waals surface area contributed by atoms with Crippen molar-refractivity contribution in [2.45, 2.75) is 46.1 Å². The van der Waals surface area contributed by atoms with Crippen LogP contribution in [0, 0.1) is 26.6 Å². The molecule has 0 radical (unpaired) electrons. The molecular formula is C26H29FN4O2. The zero-order valence-corrected chi connectivity index (χ0v) is 19.3. The minimum absolute atomic E-state index is 0.0580. The van der Waals surface area contributed by atoms with E-state index < -0.39 is 0 Å². The number of nitrogens with one attached hydrogen (secondary N) is 1. The summed E-state index contributed by atoms with van der Waals surface area (Å²) in [5.74, 6) is -0.296. The maximum atomic E-state index is 13.3. The molecule has 33 heavy (non-hydrogen) atoms. The number of rotatable bonds is 5. The summed E-state index contributed by atoms with van der Waals surface area (Å²) in [7, 11) is 0. The monoisotopic (exact) mass is 448 g/mol. The second kappa shape index (κ2) is 9.57. The van der Waals surface area contributed by atoms with E-state index in [-0.39, 0.29) is 30.1 Å². The Balaban J connectivity index is 1.35. The fraction of sp³-hybridized carbons (Fsp3) is 0.346. The predicted molar refractivity (Wildman–Crippen MR) is 125 cm³/mol. The average molecular weight is 449 g/mol. The maximum absolute atomic E-state index is 13.3. The van der Waals surface area contributed by atoms with Gasteiger partial charge in [-0.05, 0) is 69.5 Å². The van der Waals surface area contributed by atoms with Crippen LogP contribution in [0.5, 0.6) is 0 Å². The predicted octanol–water partition coefficient (Wildman–Crippen LogP) is 3.90. The van der Waals surface area contributed by atoms with E-state index in [9.17, 15) is 14.0 Å². The van der Waals surface area contributed by atoms with Crippen LogP contribution in [0.4, 0.5) is 4.39 Å². The van der Waals surface area contributed by atoms with Crippen LogP contribution in [0.15, 0.2) is 48.5 Å². The molecule has 0 aliphatic carbocycles. The molecule has 0 saturated carbocycles. The van der Waals surface area contributed by atoms with Crippen LogP contribution < -0.4 is 5.32 Å². The van der Waals surface area contributed by atoms with Crippen LogP contribution >= 0.6 is 0 Å². The van der Waals surface area contributed by atoms with E-state index in [1.165, 1.54) is 12.1 Å². The molecular weight excluding hydrogens is 419 g/mol. The Morgan fingerprint density at radius 2 is 1.70 bits per heavy atom. The lowest BCUT2D eigenvalue weighted by molar-refractivity contribution is -0.131. The lowest BCUT2D eigenvalue weighted by Crippen LogP contribution is -2.47. The number of amides is 2. The van der Waals surface area contributed by atoms with Crippen molar-refractivity contribution in [2.24, 2.45) is 0 Å². The SMILES string of the molecule is Cc1ccccc1C(=O)NC1CCN(C(=O)Cc2c(C)nn(-c3ccc(F)cc3)c2C)CC1. The van der Waals surface area contributed by atoms with E-state index in [0.29, 0.717) is 18.7 Å². The van der Waals surface area contributed by atoms with Crippen LogP contribution in [0.25, 0.3) is 5.69 Å². The lowest BCUT2D eigenvalue weighted by Gasteiger charge is -2.32. The van der Waals surface area contributed by atoms with E-state index in [0.717, 1.165) is 41.0 Å². The number of carbonyl (C=O) groups is 2. The number of hydrogen-bond donors (Lipinski definition) is 1. The van der Waals surface area contributed by atoms with Crippen molar-refractivity contribution in [2.75, 3.05) is 13.1 Å². The molecule has 1 aromatic heterocycles. The molecule has 2 heterocycles. The molecule has 2 amide bonds. The van der Waals surface area contributed by atoms with Gasteiger partial charge in [-0.2, -0.15) is 5.10 Å². The maximum Gasteiger partial charge on any atom is 0.251 e.